The first-order valence-electron chi connectivity index (χ1n) is 9.46. The molecule has 4 rings (SSSR count). The van der Waals surface area contributed by atoms with E-state index in [1.54, 1.807) is 11.7 Å². The van der Waals surface area contributed by atoms with Crippen molar-refractivity contribution in [1.82, 2.24) is 9.78 Å². The van der Waals surface area contributed by atoms with Gasteiger partial charge in [-0.3, -0.25) is 10.1 Å². The predicted molar refractivity (Wildman–Crippen MR) is 102 cm³/mol. The first-order chi connectivity index (χ1) is 13.5. The Labute approximate surface area is 162 Å². The summed E-state index contributed by atoms with van der Waals surface area (Å²) in [5.41, 5.74) is 1.44. The number of aryl methyl sites for hydroxylation is 2. The van der Waals surface area contributed by atoms with Crippen molar-refractivity contribution in [1.29, 1.82) is 0 Å². The molecule has 1 saturated heterocycles. The fourth-order valence-electron chi connectivity index (χ4n) is 4.01. The first-order valence-corrected chi connectivity index (χ1v) is 9.46. The minimum Gasteiger partial charge on any atom is -0.454 e. The Kier molecular flexibility index (Phi) is 4.84. The Morgan fingerprint density at radius 3 is 2.75 bits per heavy atom. The van der Waals surface area contributed by atoms with Crippen molar-refractivity contribution in [2.24, 2.45) is 7.05 Å². The molecule has 0 amide bonds. The highest BCUT2D eigenvalue weighted by atomic mass is 16.7. The summed E-state index contributed by atoms with van der Waals surface area (Å²) in [6.07, 6.45) is 2.13. The van der Waals surface area contributed by atoms with Crippen LogP contribution in [-0.2, 0) is 23.6 Å². The van der Waals surface area contributed by atoms with Crippen molar-refractivity contribution < 1.29 is 19.1 Å². The van der Waals surface area contributed by atoms with Gasteiger partial charge in [-0.1, -0.05) is 13.0 Å². The molecule has 1 aromatic carbocycles. The largest absolute Gasteiger partial charge is 0.454 e. The number of anilines is 1. The maximum atomic E-state index is 11.6. The molecule has 1 aromatic heterocycles. The number of rotatable bonds is 6. The molecule has 2 aromatic rings. The lowest BCUT2D eigenvalue weighted by atomic mass is 9.74. The van der Waals surface area contributed by atoms with E-state index in [2.05, 4.69) is 16.5 Å². The molecule has 0 saturated carbocycles. The fraction of sp³-hybridized carbons (Fsp3) is 0.526. The molecule has 1 fully saturated rings. The molecule has 2 aliphatic rings. The minimum absolute atomic E-state index is 0.0536. The molecule has 0 unspecified atom stereocenters. The van der Waals surface area contributed by atoms with Crippen molar-refractivity contribution in [3.8, 4) is 11.5 Å². The molecule has 9 heteroatoms. The van der Waals surface area contributed by atoms with Gasteiger partial charge in [-0.15, -0.1) is 0 Å². The minimum atomic E-state index is -0.356. The summed E-state index contributed by atoms with van der Waals surface area (Å²) in [5.74, 6) is 1.92. The zero-order valence-electron chi connectivity index (χ0n) is 16.1. The van der Waals surface area contributed by atoms with Gasteiger partial charge in [0.1, 0.15) is 5.69 Å². The van der Waals surface area contributed by atoms with Crippen LogP contribution in [-0.4, -0.2) is 41.3 Å². The van der Waals surface area contributed by atoms with Crippen molar-refractivity contribution in [2.75, 3.05) is 31.9 Å². The second-order valence-electron chi connectivity index (χ2n) is 7.19. The number of aromatic nitrogens is 2. The van der Waals surface area contributed by atoms with Gasteiger partial charge in [-0.2, -0.15) is 5.10 Å². The van der Waals surface area contributed by atoms with Crippen LogP contribution in [0.4, 0.5) is 11.5 Å². The van der Waals surface area contributed by atoms with E-state index in [-0.39, 0.29) is 22.8 Å². The second-order valence-corrected chi connectivity index (χ2v) is 7.19. The molecule has 3 heterocycles. The van der Waals surface area contributed by atoms with Crippen molar-refractivity contribution in [2.45, 2.75) is 31.6 Å². The number of nitrogens with zero attached hydrogens (tertiary/aromatic N) is 3. The van der Waals surface area contributed by atoms with E-state index in [0.717, 1.165) is 29.9 Å². The number of hydrogen-bond acceptors (Lipinski definition) is 7. The Morgan fingerprint density at radius 2 is 2.04 bits per heavy atom. The highest BCUT2D eigenvalue weighted by Gasteiger charge is 2.37. The van der Waals surface area contributed by atoms with Crippen LogP contribution in [0.5, 0.6) is 11.5 Å². The lowest BCUT2D eigenvalue weighted by Gasteiger charge is -2.38. The monoisotopic (exact) mass is 388 g/mol. The van der Waals surface area contributed by atoms with Crippen molar-refractivity contribution >= 4 is 11.5 Å². The fourth-order valence-corrected chi connectivity index (χ4v) is 4.01. The van der Waals surface area contributed by atoms with Gasteiger partial charge in [0.25, 0.3) is 0 Å². The molecule has 2 aliphatic heterocycles. The van der Waals surface area contributed by atoms with Crippen molar-refractivity contribution in [3.63, 3.8) is 0 Å². The van der Waals surface area contributed by atoms with Gasteiger partial charge in [0.15, 0.2) is 11.5 Å². The molecule has 150 valence electrons. The molecule has 0 spiro atoms. The normalized spacial score (nSPS) is 17.5. The molecular formula is C19H24N4O5. The maximum Gasteiger partial charge on any atom is 0.333 e. The van der Waals surface area contributed by atoms with E-state index in [1.807, 2.05) is 19.1 Å². The number of ether oxygens (including phenoxy) is 3. The van der Waals surface area contributed by atoms with Crippen LogP contribution in [0.15, 0.2) is 18.2 Å². The molecule has 0 aliphatic carbocycles. The number of nitro groups is 1. The van der Waals surface area contributed by atoms with Gasteiger partial charge >= 0.3 is 5.69 Å². The Morgan fingerprint density at radius 1 is 1.29 bits per heavy atom. The van der Waals surface area contributed by atoms with Gasteiger partial charge in [-0.25, -0.2) is 4.68 Å². The van der Waals surface area contributed by atoms with Crippen LogP contribution in [0.25, 0.3) is 0 Å². The maximum absolute atomic E-state index is 11.6. The van der Waals surface area contributed by atoms with Gasteiger partial charge in [0.2, 0.25) is 12.6 Å². The van der Waals surface area contributed by atoms with Gasteiger partial charge < -0.3 is 19.5 Å². The van der Waals surface area contributed by atoms with Crippen LogP contribution in [0, 0.1) is 10.1 Å². The lowest BCUT2D eigenvalue weighted by molar-refractivity contribution is -0.384. The third kappa shape index (κ3) is 3.15. The lowest BCUT2D eigenvalue weighted by Crippen LogP contribution is -2.40. The molecule has 9 nitrogen and oxygen atoms in total. The van der Waals surface area contributed by atoms with Gasteiger partial charge in [-0.05, 0) is 37.0 Å². The van der Waals surface area contributed by atoms with E-state index >= 15 is 0 Å². The van der Waals surface area contributed by atoms with Crippen LogP contribution in [0.3, 0.4) is 0 Å². The van der Waals surface area contributed by atoms with E-state index < -0.39 is 0 Å². The molecular weight excluding hydrogens is 364 g/mol. The average molecular weight is 388 g/mol. The topological polar surface area (TPSA) is 101 Å². The standard InChI is InChI=1S/C19H24N4O5/c1-3-14-17(23(24)25)18(22(2)21-14)20-11-19(6-8-26-9-7-19)13-4-5-15-16(10-13)28-12-27-15/h4-5,10,20H,3,6-9,11-12H2,1-2H3. The summed E-state index contributed by atoms with van der Waals surface area (Å²) in [7, 11) is 1.73. The predicted octanol–water partition coefficient (Wildman–Crippen LogP) is 2.78. The van der Waals surface area contributed by atoms with Crippen LogP contribution in [0.1, 0.15) is 31.0 Å². The second kappa shape index (κ2) is 7.31. The highest BCUT2D eigenvalue weighted by Crippen LogP contribution is 2.41. The Hall–Kier alpha value is -2.81. The van der Waals surface area contributed by atoms with E-state index in [0.29, 0.717) is 37.7 Å². The summed E-state index contributed by atoms with van der Waals surface area (Å²) >= 11 is 0. The van der Waals surface area contributed by atoms with Crippen LogP contribution < -0.4 is 14.8 Å². The van der Waals surface area contributed by atoms with E-state index in [4.69, 9.17) is 14.2 Å². The molecule has 0 radical (unpaired) electrons. The molecule has 0 atom stereocenters. The molecule has 28 heavy (non-hydrogen) atoms. The van der Waals surface area contributed by atoms with Crippen LogP contribution >= 0.6 is 0 Å². The van der Waals surface area contributed by atoms with Crippen LogP contribution in [0.2, 0.25) is 0 Å². The first kappa shape index (κ1) is 18.5. The molecule has 0 bridgehead atoms. The quantitative estimate of drug-likeness (QED) is 0.600. The number of nitrogens with one attached hydrogen (secondary N) is 1. The third-order valence-electron chi connectivity index (χ3n) is 5.64. The zero-order valence-corrected chi connectivity index (χ0v) is 16.1. The number of fused-ring (bicyclic) bond motifs is 1. The summed E-state index contributed by atoms with van der Waals surface area (Å²) in [6.45, 7) is 3.92. The summed E-state index contributed by atoms with van der Waals surface area (Å²) < 4.78 is 18.1. The Bertz CT molecular complexity index is 889. The smallest absolute Gasteiger partial charge is 0.333 e. The SMILES string of the molecule is CCc1nn(C)c(NCC2(c3ccc4c(c3)OCO4)CCOCC2)c1[N+](=O)[O-]. The van der Waals surface area contributed by atoms with Crippen molar-refractivity contribution in [3.05, 3.63) is 39.6 Å². The Balaban J connectivity index is 1.65. The van der Waals surface area contributed by atoms with E-state index in [9.17, 15) is 10.1 Å². The zero-order chi connectivity index (χ0) is 19.7. The highest BCUT2D eigenvalue weighted by molar-refractivity contribution is 5.60. The summed E-state index contributed by atoms with van der Waals surface area (Å²) in [6, 6.07) is 6.00. The summed E-state index contributed by atoms with van der Waals surface area (Å²) in [5, 5.41) is 19.2. The van der Waals surface area contributed by atoms with Gasteiger partial charge in [0, 0.05) is 32.2 Å². The number of hydrogen-bond donors (Lipinski definition) is 1. The third-order valence-corrected chi connectivity index (χ3v) is 5.64. The molecule has 1 N–H and O–H groups in total. The van der Waals surface area contributed by atoms with E-state index in [1.165, 1.54) is 0 Å². The number of benzene rings is 1. The van der Waals surface area contributed by atoms with Gasteiger partial charge in [0.05, 0.1) is 4.92 Å². The average Bonchev–Trinajstić information content (AvgIpc) is 3.30. The summed E-state index contributed by atoms with van der Waals surface area (Å²) in [4.78, 5) is 11.2.